The molecule has 1 aromatic rings. The predicted molar refractivity (Wildman–Crippen MR) is 106 cm³/mol. The van der Waals surface area contributed by atoms with Crippen LogP contribution < -0.4 is 14.2 Å². The maximum absolute atomic E-state index is 9.37. The standard InChI is InChI=1S/C21H34N2O4/c1-25-19-7-6-17(20(26-2)21(19)27-3)13-22-10-4-5-18(14-22)23-11-8-16(15-24)9-12-23/h6-7,16,18,24H,4-5,8-15H2,1-3H3. The average Bonchev–Trinajstić information content (AvgIpc) is 2.73. The van der Waals surface area contributed by atoms with E-state index in [-0.39, 0.29) is 0 Å². The Balaban J connectivity index is 1.66. The van der Waals surface area contributed by atoms with Gasteiger partial charge in [0.25, 0.3) is 0 Å². The fourth-order valence-electron chi connectivity index (χ4n) is 4.50. The van der Waals surface area contributed by atoms with Crippen LogP contribution in [0.25, 0.3) is 0 Å². The molecule has 6 heteroatoms. The first-order valence-electron chi connectivity index (χ1n) is 10.0. The van der Waals surface area contributed by atoms with Crippen LogP contribution >= 0.6 is 0 Å². The molecule has 1 unspecified atom stereocenters. The van der Waals surface area contributed by atoms with E-state index >= 15 is 0 Å². The molecule has 0 bridgehead atoms. The molecule has 6 nitrogen and oxygen atoms in total. The minimum Gasteiger partial charge on any atom is -0.493 e. The van der Waals surface area contributed by atoms with Crippen LogP contribution in [0.5, 0.6) is 17.2 Å². The Morgan fingerprint density at radius 2 is 1.70 bits per heavy atom. The zero-order valence-corrected chi connectivity index (χ0v) is 16.9. The van der Waals surface area contributed by atoms with E-state index < -0.39 is 0 Å². The van der Waals surface area contributed by atoms with Gasteiger partial charge in [0.2, 0.25) is 5.75 Å². The van der Waals surface area contributed by atoms with Gasteiger partial charge in [0, 0.05) is 31.3 Å². The van der Waals surface area contributed by atoms with E-state index in [9.17, 15) is 5.11 Å². The second-order valence-corrected chi connectivity index (χ2v) is 7.69. The van der Waals surface area contributed by atoms with Gasteiger partial charge in [0.15, 0.2) is 11.5 Å². The van der Waals surface area contributed by atoms with Crippen LogP contribution in [0.4, 0.5) is 0 Å². The molecule has 152 valence electrons. The highest BCUT2D eigenvalue weighted by molar-refractivity contribution is 5.55. The highest BCUT2D eigenvalue weighted by atomic mass is 16.5. The molecule has 2 heterocycles. The second-order valence-electron chi connectivity index (χ2n) is 7.69. The lowest BCUT2D eigenvalue weighted by Crippen LogP contribution is -2.50. The van der Waals surface area contributed by atoms with E-state index in [0.717, 1.165) is 56.9 Å². The lowest BCUT2D eigenvalue weighted by Gasteiger charge is -2.42. The van der Waals surface area contributed by atoms with Gasteiger partial charge in [-0.3, -0.25) is 9.80 Å². The van der Waals surface area contributed by atoms with Gasteiger partial charge >= 0.3 is 0 Å². The summed E-state index contributed by atoms with van der Waals surface area (Å²) < 4.78 is 16.6. The number of rotatable bonds is 7. The highest BCUT2D eigenvalue weighted by Gasteiger charge is 2.29. The Labute approximate surface area is 163 Å². The van der Waals surface area contributed by atoms with Gasteiger partial charge in [-0.2, -0.15) is 0 Å². The van der Waals surface area contributed by atoms with Crippen molar-refractivity contribution in [3.05, 3.63) is 17.7 Å². The first kappa shape index (κ1) is 20.2. The summed E-state index contributed by atoms with van der Waals surface area (Å²) in [5, 5.41) is 9.37. The maximum Gasteiger partial charge on any atom is 0.203 e. The molecule has 1 N–H and O–H groups in total. The quantitative estimate of drug-likeness (QED) is 0.786. The largest absolute Gasteiger partial charge is 0.493 e. The fourth-order valence-corrected chi connectivity index (χ4v) is 4.50. The van der Waals surface area contributed by atoms with E-state index in [0.29, 0.717) is 30.1 Å². The molecule has 27 heavy (non-hydrogen) atoms. The van der Waals surface area contributed by atoms with Crippen molar-refractivity contribution < 1.29 is 19.3 Å². The minimum absolute atomic E-state index is 0.337. The van der Waals surface area contributed by atoms with Gasteiger partial charge in [-0.25, -0.2) is 0 Å². The van der Waals surface area contributed by atoms with Gasteiger partial charge in [0.05, 0.1) is 21.3 Å². The molecule has 0 amide bonds. The molecule has 2 fully saturated rings. The third kappa shape index (κ3) is 4.68. The Morgan fingerprint density at radius 3 is 2.33 bits per heavy atom. The number of piperidine rings is 2. The molecular weight excluding hydrogens is 344 g/mol. The molecule has 3 rings (SSSR count). The Morgan fingerprint density at radius 1 is 0.963 bits per heavy atom. The van der Waals surface area contributed by atoms with Crippen LogP contribution in [-0.4, -0.2) is 75.1 Å². The summed E-state index contributed by atoms with van der Waals surface area (Å²) in [4.78, 5) is 5.15. The molecule has 0 spiro atoms. The van der Waals surface area contributed by atoms with Crippen molar-refractivity contribution in [1.29, 1.82) is 0 Å². The number of methoxy groups -OCH3 is 3. The molecule has 1 atom stereocenters. The van der Waals surface area contributed by atoms with Crippen LogP contribution in [-0.2, 0) is 6.54 Å². The van der Waals surface area contributed by atoms with Crippen molar-refractivity contribution in [3.8, 4) is 17.2 Å². The predicted octanol–water partition coefficient (Wildman–Crippen LogP) is 2.38. The summed E-state index contributed by atoms with van der Waals surface area (Å²) in [6.07, 6.45) is 4.73. The smallest absolute Gasteiger partial charge is 0.203 e. The summed E-state index contributed by atoms with van der Waals surface area (Å²) in [5.41, 5.74) is 1.13. The van der Waals surface area contributed by atoms with Gasteiger partial charge in [-0.15, -0.1) is 0 Å². The zero-order valence-electron chi connectivity index (χ0n) is 16.9. The summed E-state index contributed by atoms with van der Waals surface area (Å²) in [6, 6.07) is 4.65. The average molecular weight is 379 g/mol. The van der Waals surface area contributed by atoms with Crippen molar-refractivity contribution in [3.63, 3.8) is 0 Å². The lowest BCUT2D eigenvalue weighted by molar-refractivity contribution is 0.0541. The number of benzene rings is 1. The van der Waals surface area contributed by atoms with Crippen LogP contribution in [0.3, 0.4) is 0 Å². The first-order valence-corrected chi connectivity index (χ1v) is 10.0. The van der Waals surface area contributed by atoms with Crippen LogP contribution in [0, 0.1) is 5.92 Å². The number of hydrogen-bond donors (Lipinski definition) is 1. The van der Waals surface area contributed by atoms with Crippen molar-refractivity contribution in [1.82, 2.24) is 9.80 Å². The van der Waals surface area contributed by atoms with E-state index in [1.54, 1.807) is 21.3 Å². The van der Waals surface area contributed by atoms with E-state index in [2.05, 4.69) is 15.9 Å². The number of ether oxygens (including phenoxy) is 3. The minimum atomic E-state index is 0.337. The number of nitrogens with zero attached hydrogens (tertiary/aromatic N) is 2. The number of likely N-dealkylation sites (tertiary alicyclic amines) is 2. The topological polar surface area (TPSA) is 54.4 Å². The van der Waals surface area contributed by atoms with Crippen molar-refractivity contribution >= 4 is 0 Å². The summed E-state index contributed by atoms with van der Waals surface area (Å²) in [7, 11) is 4.98. The molecular formula is C21H34N2O4. The van der Waals surface area contributed by atoms with E-state index in [4.69, 9.17) is 14.2 Å². The normalized spacial score (nSPS) is 22.6. The second kappa shape index (κ2) is 9.62. The summed E-state index contributed by atoms with van der Waals surface area (Å²) in [5.74, 6) is 2.62. The zero-order chi connectivity index (χ0) is 19.2. The van der Waals surface area contributed by atoms with Crippen molar-refractivity contribution in [2.24, 2.45) is 5.92 Å². The molecule has 0 saturated carbocycles. The van der Waals surface area contributed by atoms with E-state index in [1.807, 2.05) is 6.07 Å². The van der Waals surface area contributed by atoms with Crippen LogP contribution in [0.2, 0.25) is 0 Å². The third-order valence-corrected chi connectivity index (χ3v) is 6.08. The maximum atomic E-state index is 9.37. The first-order chi connectivity index (χ1) is 13.2. The van der Waals surface area contributed by atoms with Gasteiger partial charge in [-0.05, 0) is 57.3 Å². The van der Waals surface area contributed by atoms with Crippen molar-refractivity contribution in [2.75, 3.05) is 54.1 Å². The van der Waals surface area contributed by atoms with Gasteiger partial charge in [0.1, 0.15) is 0 Å². The van der Waals surface area contributed by atoms with E-state index in [1.165, 1.54) is 12.8 Å². The molecule has 1 aromatic carbocycles. The molecule has 0 aromatic heterocycles. The van der Waals surface area contributed by atoms with Gasteiger partial charge in [-0.1, -0.05) is 6.07 Å². The Kier molecular flexibility index (Phi) is 7.21. The number of aliphatic hydroxyl groups excluding tert-OH is 1. The van der Waals surface area contributed by atoms with Gasteiger partial charge < -0.3 is 19.3 Å². The molecule has 2 saturated heterocycles. The Bertz CT molecular complexity index is 602. The fraction of sp³-hybridized carbons (Fsp3) is 0.714. The monoisotopic (exact) mass is 378 g/mol. The summed E-state index contributed by atoms with van der Waals surface area (Å²) >= 11 is 0. The SMILES string of the molecule is COc1ccc(CN2CCCC(N3CCC(CO)CC3)C2)c(OC)c1OC. The Hall–Kier alpha value is -1.50. The third-order valence-electron chi connectivity index (χ3n) is 6.08. The lowest BCUT2D eigenvalue weighted by atomic mass is 9.94. The molecule has 0 radical (unpaired) electrons. The van der Waals surface area contributed by atoms with Crippen LogP contribution in [0.15, 0.2) is 12.1 Å². The van der Waals surface area contributed by atoms with Crippen molar-refractivity contribution in [2.45, 2.75) is 38.3 Å². The molecule has 0 aliphatic carbocycles. The highest BCUT2D eigenvalue weighted by Crippen LogP contribution is 2.40. The molecule has 2 aliphatic heterocycles. The number of hydrogen-bond acceptors (Lipinski definition) is 6. The summed E-state index contributed by atoms with van der Waals surface area (Å²) in [6.45, 7) is 5.62. The van der Waals surface area contributed by atoms with Crippen LogP contribution in [0.1, 0.15) is 31.2 Å². The molecule has 2 aliphatic rings. The number of aliphatic hydroxyl groups is 1.